The molecule has 0 saturated heterocycles. The molecule has 1 aromatic rings. The largest absolute Gasteiger partial charge is 0.481 e. The minimum absolute atomic E-state index is 0.0858. The molecule has 0 aliphatic heterocycles. The first-order valence-electron chi connectivity index (χ1n) is 8.34. The number of benzene rings is 1. The minimum atomic E-state index is -0.953. The van der Waals surface area contributed by atoms with Gasteiger partial charge in [-0.05, 0) is 39.2 Å². The lowest BCUT2D eigenvalue weighted by molar-refractivity contribution is -0.160. The molecule has 0 amide bonds. The second kappa shape index (κ2) is 10.1. The highest BCUT2D eigenvalue weighted by Gasteiger charge is 2.24. The lowest BCUT2D eigenvalue weighted by Gasteiger charge is -2.21. The van der Waals surface area contributed by atoms with Crippen molar-refractivity contribution in [1.82, 2.24) is 0 Å². The van der Waals surface area contributed by atoms with E-state index in [1.54, 1.807) is 20.8 Å². The molecule has 1 rings (SSSR count). The normalized spacial score (nSPS) is 12.6. The van der Waals surface area contributed by atoms with Crippen LogP contribution in [-0.2, 0) is 25.7 Å². The third-order valence-corrected chi connectivity index (χ3v) is 3.39. The molecule has 134 valence electrons. The van der Waals surface area contributed by atoms with Gasteiger partial charge in [0.2, 0.25) is 0 Å². The van der Waals surface area contributed by atoms with E-state index in [1.807, 2.05) is 30.3 Å². The predicted molar refractivity (Wildman–Crippen MR) is 91.5 cm³/mol. The van der Waals surface area contributed by atoms with Gasteiger partial charge in [-0.15, -0.1) is 0 Å². The van der Waals surface area contributed by atoms with E-state index in [2.05, 4.69) is 0 Å². The molecule has 0 fully saturated rings. The first kappa shape index (κ1) is 20.2. The summed E-state index contributed by atoms with van der Waals surface area (Å²) in [5.74, 6) is -2.12. The molecule has 0 unspecified atom stereocenters. The number of esters is 1. The van der Waals surface area contributed by atoms with Gasteiger partial charge < -0.3 is 14.6 Å². The molecule has 0 radical (unpaired) electrons. The summed E-state index contributed by atoms with van der Waals surface area (Å²) in [7, 11) is 0. The third-order valence-electron chi connectivity index (χ3n) is 3.39. The molecular formula is C19H28O5. The van der Waals surface area contributed by atoms with E-state index in [-0.39, 0.29) is 6.42 Å². The van der Waals surface area contributed by atoms with Crippen molar-refractivity contribution >= 4 is 11.9 Å². The van der Waals surface area contributed by atoms with Crippen LogP contribution in [0.25, 0.3) is 0 Å². The monoisotopic (exact) mass is 336 g/mol. The number of ether oxygens (including phenoxy) is 2. The van der Waals surface area contributed by atoms with Crippen molar-refractivity contribution in [2.24, 2.45) is 5.92 Å². The molecule has 5 heteroatoms. The summed E-state index contributed by atoms with van der Waals surface area (Å²) in [5.41, 5.74) is 0.525. The summed E-state index contributed by atoms with van der Waals surface area (Å²) >= 11 is 0. The highest BCUT2D eigenvalue weighted by molar-refractivity contribution is 5.78. The molecule has 0 bridgehead atoms. The maximum absolute atomic E-state index is 11.8. The third kappa shape index (κ3) is 9.30. The van der Waals surface area contributed by atoms with E-state index in [1.165, 1.54) is 0 Å². The van der Waals surface area contributed by atoms with Crippen molar-refractivity contribution in [1.29, 1.82) is 0 Å². The van der Waals surface area contributed by atoms with Crippen LogP contribution in [0.4, 0.5) is 0 Å². The van der Waals surface area contributed by atoms with Gasteiger partial charge in [0.25, 0.3) is 0 Å². The van der Waals surface area contributed by atoms with E-state index >= 15 is 0 Å². The van der Waals surface area contributed by atoms with E-state index < -0.39 is 23.5 Å². The summed E-state index contributed by atoms with van der Waals surface area (Å²) in [6.07, 6.45) is 1.83. The molecule has 0 saturated carbocycles. The number of hydrogen-bond donors (Lipinski definition) is 1. The molecule has 0 aromatic heterocycles. The van der Waals surface area contributed by atoms with Crippen LogP contribution in [0.15, 0.2) is 30.3 Å². The Bertz CT molecular complexity index is 504. The van der Waals surface area contributed by atoms with Gasteiger partial charge in [0, 0.05) is 6.61 Å². The summed E-state index contributed by atoms with van der Waals surface area (Å²) < 4.78 is 10.8. The number of carboxylic acids is 1. The topological polar surface area (TPSA) is 72.8 Å². The van der Waals surface area contributed by atoms with Gasteiger partial charge in [-0.3, -0.25) is 9.59 Å². The Kier molecular flexibility index (Phi) is 8.47. The first-order valence-corrected chi connectivity index (χ1v) is 8.34. The van der Waals surface area contributed by atoms with Crippen LogP contribution < -0.4 is 0 Å². The number of carboxylic acid groups (broad SMARTS) is 1. The Morgan fingerprint density at radius 2 is 1.79 bits per heavy atom. The highest BCUT2D eigenvalue weighted by atomic mass is 16.6. The maximum atomic E-state index is 11.8. The Morgan fingerprint density at radius 3 is 2.38 bits per heavy atom. The molecular weight excluding hydrogens is 308 g/mol. The second-order valence-corrected chi connectivity index (χ2v) is 6.86. The van der Waals surface area contributed by atoms with Gasteiger partial charge in [-0.25, -0.2) is 0 Å². The number of hydrogen-bond acceptors (Lipinski definition) is 4. The molecule has 0 aliphatic rings. The Balaban J connectivity index is 2.22. The average Bonchev–Trinajstić information content (AvgIpc) is 2.48. The quantitative estimate of drug-likeness (QED) is 0.519. The minimum Gasteiger partial charge on any atom is -0.481 e. The molecule has 0 spiro atoms. The molecule has 0 heterocycles. The van der Waals surface area contributed by atoms with E-state index in [4.69, 9.17) is 9.47 Å². The van der Waals surface area contributed by atoms with Gasteiger partial charge in [0.1, 0.15) is 5.60 Å². The van der Waals surface area contributed by atoms with Crippen LogP contribution in [0, 0.1) is 5.92 Å². The standard InChI is InChI=1S/C19H28O5/c1-19(2,3)24-17(20)13-16(18(21)22)11-7-8-12-23-14-15-9-5-4-6-10-15/h4-6,9-10,16H,7-8,11-14H2,1-3H3,(H,21,22)/t16-/m0/s1. The molecule has 1 aromatic carbocycles. The first-order chi connectivity index (χ1) is 11.3. The molecule has 0 aliphatic carbocycles. The number of aliphatic carboxylic acids is 1. The molecule has 1 N–H and O–H groups in total. The zero-order chi connectivity index (χ0) is 18.0. The van der Waals surface area contributed by atoms with Crippen molar-refractivity contribution in [2.75, 3.05) is 6.61 Å². The number of unbranched alkanes of at least 4 members (excludes halogenated alkanes) is 1. The van der Waals surface area contributed by atoms with Crippen LogP contribution in [0.5, 0.6) is 0 Å². The van der Waals surface area contributed by atoms with E-state index in [0.29, 0.717) is 26.1 Å². The Labute approximate surface area is 144 Å². The van der Waals surface area contributed by atoms with Gasteiger partial charge in [0.15, 0.2) is 0 Å². The lowest BCUT2D eigenvalue weighted by atomic mass is 9.98. The number of carbonyl (C=O) groups excluding carboxylic acids is 1. The van der Waals surface area contributed by atoms with Crippen LogP contribution in [0.3, 0.4) is 0 Å². The highest BCUT2D eigenvalue weighted by Crippen LogP contribution is 2.17. The van der Waals surface area contributed by atoms with Gasteiger partial charge in [0.05, 0.1) is 18.9 Å². The zero-order valence-electron chi connectivity index (χ0n) is 14.8. The van der Waals surface area contributed by atoms with Crippen molar-refractivity contribution in [3.63, 3.8) is 0 Å². The van der Waals surface area contributed by atoms with E-state index in [0.717, 1.165) is 12.0 Å². The fraction of sp³-hybridized carbons (Fsp3) is 0.579. The number of rotatable bonds is 10. The molecule has 1 atom stereocenters. The van der Waals surface area contributed by atoms with Crippen LogP contribution in [0.1, 0.15) is 52.0 Å². The fourth-order valence-electron chi connectivity index (χ4n) is 2.26. The van der Waals surface area contributed by atoms with E-state index in [9.17, 15) is 14.7 Å². The van der Waals surface area contributed by atoms with Crippen molar-refractivity contribution in [3.05, 3.63) is 35.9 Å². The lowest BCUT2D eigenvalue weighted by Crippen LogP contribution is -2.27. The van der Waals surface area contributed by atoms with Crippen molar-refractivity contribution in [3.8, 4) is 0 Å². The SMILES string of the molecule is CC(C)(C)OC(=O)C[C@H](CCCCOCc1ccccc1)C(=O)O. The molecule has 24 heavy (non-hydrogen) atoms. The summed E-state index contributed by atoms with van der Waals surface area (Å²) in [6.45, 7) is 6.44. The van der Waals surface area contributed by atoms with Crippen molar-refractivity contribution < 1.29 is 24.2 Å². The fourth-order valence-corrected chi connectivity index (χ4v) is 2.26. The van der Waals surface area contributed by atoms with Crippen LogP contribution in [-0.4, -0.2) is 29.3 Å². The summed E-state index contributed by atoms with van der Waals surface area (Å²) in [4.78, 5) is 23.0. The summed E-state index contributed by atoms with van der Waals surface area (Å²) in [5, 5.41) is 9.23. The zero-order valence-corrected chi connectivity index (χ0v) is 14.8. The smallest absolute Gasteiger partial charge is 0.307 e. The second-order valence-electron chi connectivity index (χ2n) is 6.86. The Hall–Kier alpha value is -1.88. The van der Waals surface area contributed by atoms with Gasteiger partial charge in [-0.1, -0.05) is 36.8 Å². The van der Waals surface area contributed by atoms with Crippen LogP contribution in [0.2, 0.25) is 0 Å². The average molecular weight is 336 g/mol. The Morgan fingerprint density at radius 1 is 1.12 bits per heavy atom. The maximum Gasteiger partial charge on any atom is 0.307 e. The van der Waals surface area contributed by atoms with Gasteiger partial charge >= 0.3 is 11.9 Å². The number of carbonyl (C=O) groups is 2. The summed E-state index contributed by atoms with van der Waals surface area (Å²) in [6, 6.07) is 9.89. The van der Waals surface area contributed by atoms with Crippen molar-refractivity contribution in [2.45, 2.75) is 58.7 Å². The van der Waals surface area contributed by atoms with Gasteiger partial charge in [-0.2, -0.15) is 0 Å². The molecule has 5 nitrogen and oxygen atoms in total. The van der Waals surface area contributed by atoms with Crippen LogP contribution >= 0.6 is 0 Å². The predicted octanol–water partition coefficient (Wildman–Crippen LogP) is 3.81.